The van der Waals surface area contributed by atoms with Gasteiger partial charge in [0.2, 0.25) is 0 Å². The maximum Gasteiger partial charge on any atom is 0.0239 e. The van der Waals surface area contributed by atoms with Gasteiger partial charge in [0.25, 0.3) is 0 Å². The van der Waals surface area contributed by atoms with E-state index in [1.54, 1.807) is 0 Å². The number of rotatable bonds is 7. The van der Waals surface area contributed by atoms with E-state index in [9.17, 15) is 0 Å². The van der Waals surface area contributed by atoms with E-state index < -0.39 is 0 Å². The van der Waals surface area contributed by atoms with E-state index in [1.807, 2.05) is 0 Å². The van der Waals surface area contributed by atoms with E-state index in [0.717, 1.165) is 25.2 Å². The van der Waals surface area contributed by atoms with Gasteiger partial charge < -0.3 is 5.32 Å². The Morgan fingerprint density at radius 2 is 1.90 bits per heavy atom. The molecule has 0 radical (unpaired) electrons. The van der Waals surface area contributed by atoms with Crippen molar-refractivity contribution in [2.24, 2.45) is 0 Å². The van der Waals surface area contributed by atoms with Gasteiger partial charge in [-0.15, -0.1) is 0 Å². The first-order valence-electron chi connectivity index (χ1n) is 8.91. The lowest BCUT2D eigenvalue weighted by atomic mass is 9.96. The summed E-state index contributed by atoms with van der Waals surface area (Å²) in [6.07, 6.45) is 9.61. The molecule has 1 atom stereocenters. The van der Waals surface area contributed by atoms with Crippen molar-refractivity contribution in [2.45, 2.75) is 77.0 Å². The van der Waals surface area contributed by atoms with Gasteiger partial charge in [-0.25, -0.2) is 0 Å². The molecule has 1 saturated carbocycles. The van der Waals surface area contributed by atoms with Crippen molar-refractivity contribution in [3.63, 3.8) is 0 Å². The van der Waals surface area contributed by atoms with Crippen molar-refractivity contribution >= 4 is 0 Å². The topological polar surface area (TPSA) is 15.3 Å². The molecule has 2 aliphatic rings. The maximum atomic E-state index is 3.67. The number of nitrogens with one attached hydrogen (secondary N) is 1. The molecular formula is C19H30N2. The van der Waals surface area contributed by atoms with Crippen molar-refractivity contribution in [3.8, 4) is 0 Å². The third-order valence-electron chi connectivity index (χ3n) is 5.02. The van der Waals surface area contributed by atoms with Crippen LogP contribution in [0.1, 0.15) is 63.0 Å². The third-order valence-corrected chi connectivity index (χ3v) is 5.02. The van der Waals surface area contributed by atoms with Crippen molar-refractivity contribution in [1.82, 2.24) is 10.2 Å². The third kappa shape index (κ3) is 4.31. The summed E-state index contributed by atoms with van der Waals surface area (Å²) >= 11 is 0. The molecule has 1 aliphatic heterocycles. The van der Waals surface area contributed by atoms with Crippen LogP contribution in [-0.4, -0.2) is 23.5 Å². The minimum atomic E-state index is 0.792. The molecule has 2 fully saturated rings. The summed E-state index contributed by atoms with van der Waals surface area (Å²) in [4.78, 5) is 2.74. The zero-order valence-corrected chi connectivity index (χ0v) is 13.5. The fourth-order valence-electron chi connectivity index (χ4n) is 3.57. The van der Waals surface area contributed by atoms with Gasteiger partial charge in [0.1, 0.15) is 0 Å². The van der Waals surface area contributed by atoms with Gasteiger partial charge in [0.05, 0.1) is 0 Å². The van der Waals surface area contributed by atoms with Crippen molar-refractivity contribution in [1.29, 1.82) is 0 Å². The maximum absolute atomic E-state index is 3.67. The van der Waals surface area contributed by atoms with E-state index in [1.165, 1.54) is 62.6 Å². The molecule has 1 saturated heterocycles. The second-order valence-corrected chi connectivity index (χ2v) is 6.83. The first-order valence-corrected chi connectivity index (χ1v) is 8.91. The standard InChI is InChI=1S/C19H30N2/c1-2-7-19-10-5-6-13-21(19)15-17-9-4-3-8-16(17)14-20-18-11-12-18/h3-4,8-9,18-20H,2,5-7,10-15H2,1H3. The van der Waals surface area contributed by atoms with Gasteiger partial charge >= 0.3 is 0 Å². The van der Waals surface area contributed by atoms with Gasteiger partial charge in [0.15, 0.2) is 0 Å². The molecule has 0 amide bonds. The quantitative estimate of drug-likeness (QED) is 0.812. The Morgan fingerprint density at radius 3 is 2.67 bits per heavy atom. The number of likely N-dealkylation sites (tertiary alicyclic amines) is 1. The Kier molecular flexibility index (Phi) is 5.32. The summed E-state index contributed by atoms with van der Waals surface area (Å²) in [6, 6.07) is 10.6. The molecule has 1 aromatic rings. The molecule has 0 aromatic heterocycles. The van der Waals surface area contributed by atoms with Gasteiger partial charge in [-0.05, 0) is 49.8 Å². The zero-order valence-electron chi connectivity index (χ0n) is 13.5. The normalized spacial score (nSPS) is 23.4. The molecule has 0 spiro atoms. The fourth-order valence-corrected chi connectivity index (χ4v) is 3.57. The van der Waals surface area contributed by atoms with Crippen molar-refractivity contribution < 1.29 is 0 Å². The van der Waals surface area contributed by atoms with Gasteiger partial charge in [-0.1, -0.05) is 44.0 Å². The summed E-state index contributed by atoms with van der Waals surface area (Å²) in [5, 5.41) is 3.67. The van der Waals surface area contributed by atoms with Crippen LogP contribution in [0.15, 0.2) is 24.3 Å². The van der Waals surface area contributed by atoms with Crippen LogP contribution < -0.4 is 5.32 Å². The van der Waals surface area contributed by atoms with E-state index in [-0.39, 0.29) is 0 Å². The highest BCUT2D eigenvalue weighted by Gasteiger charge is 2.23. The Hall–Kier alpha value is -0.860. The Bertz CT molecular complexity index is 437. The Labute approximate surface area is 129 Å². The Balaban J connectivity index is 1.64. The first kappa shape index (κ1) is 15.1. The summed E-state index contributed by atoms with van der Waals surface area (Å²) in [5.74, 6) is 0. The highest BCUT2D eigenvalue weighted by Crippen LogP contribution is 2.25. The average molecular weight is 286 g/mol. The zero-order chi connectivity index (χ0) is 14.5. The summed E-state index contributed by atoms with van der Waals surface area (Å²) < 4.78 is 0. The van der Waals surface area contributed by atoms with Crippen LogP contribution in [0.5, 0.6) is 0 Å². The molecule has 3 rings (SSSR count). The predicted molar refractivity (Wildman–Crippen MR) is 89.3 cm³/mol. The molecule has 1 heterocycles. The number of hydrogen-bond acceptors (Lipinski definition) is 2. The van der Waals surface area contributed by atoms with Crippen LogP contribution >= 0.6 is 0 Å². The molecule has 21 heavy (non-hydrogen) atoms. The van der Waals surface area contributed by atoms with E-state index in [4.69, 9.17) is 0 Å². The van der Waals surface area contributed by atoms with Crippen molar-refractivity contribution in [2.75, 3.05) is 6.54 Å². The predicted octanol–water partition coefficient (Wildman–Crippen LogP) is 4.09. The molecule has 2 heteroatoms. The van der Waals surface area contributed by atoms with E-state index in [0.29, 0.717) is 0 Å². The van der Waals surface area contributed by atoms with Crippen LogP contribution in [0.3, 0.4) is 0 Å². The molecule has 2 nitrogen and oxygen atoms in total. The molecule has 1 aliphatic carbocycles. The van der Waals surface area contributed by atoms with Crippen LogP contribution in [0.25, 0.3) is 0 Å². The molecule has 116 valence electrons. The average Bonchev–Trinajstić information content (AvgIpc) is 3.33. The molecule has 1 N–H and O–H groups in total. The number of hydrogen-bond donors (Lipinski definition) is 1. The van der Waals surface area contributed by atoms with Gasteiger partial charge in [-0.2, -0.15) is 0 Å². The van der Waals surface area contributed by atoms with Crippen LogP contribution in [0.4, 0.5) is 0 Å². The van der Waals surface area contributed by atoms with Crippen LogP contribution in [-0.2, 0) is 13.1 Å². The number of piperidine rings is 1. The summed E-state index contributed by atoms with van der Waals surface area (Å²) in [5.41, 5.74) is 3.04. The summed E-state index contributed by atoms with van der Waals surface area (Å²) in [7, 11) is 0. The number of benzene rings is 1. The van der Waals surface area contributed by atoms with Crippen LogP contribution in [0, 0.1) is 0 Å². The van der Waals surface area contributed by atoms with Crippen molar-refractivity contribution in [3.05, 3.63) is 35.4 Å². The minimum absolute atomic E-state index is 0.792. The smallest absolute Gasteiger partial charge is 0.0239 e. The monoisotopic (exact) mass is 286 g/mol. The second kappa shape index (κ2) is 7.42. The molecule has 1 aromatic carbocycles. The van der Waals surface area contributed by atoms with Gasteiger partial charge in [0, 0.05) is 25.2 Å². The minimum Gasteiger partial charge on any atom is -0.310 e. The number of nitrogens with zero attached hydrogens (tertiary/aromatic N) is 1. The highest BCUT2D eigenvalue weighted by molar-refractivity contribution is 5.27. The SMILES string of the molecule is CCCC1CCCCN1Cc1ccccc1CNC1CC1. The lowest BCUT2D eigenvalue weighted by Gasteiger charge is -2.36. The molecular weight excluding hydrogens is 256 g/mol. The lowest BCUT2D eigenvalue weighted by Crippen LogP contribution is -2.39. The fraction of sp³-hybridized carbons (Fsp3) is 0.684. The molecule has 0 bridgehead atoms. The lowest BCUT2D eigenvalue weighted by molar-refractivity contribution is 0.131. The van der Waals surface area contributed by atoms with Gasteiger partial charge in [-0.3, -0.25) is 4.90 Å². The van der Waals surface area contributed by atoms with Crippen LogP contribution in [0.2, 0.25) is 0 Å². The second-order valence-electron chi connectivity index (χ2n) is 6.83. The summed E-state index contributed by atoms with van der Waals surface area (Å²) in [6.45, 7) is 5.80. The highest BCUT2D eigenvalue weighted by atomic mass is 15.2. The largest absolute Gasteiger partial charge is 0.310 e. The Morgan fingerprint density at radius 1 is 1.10 bits per heavy atom. The first-order chi connectivity index (χ1) is 10.4. The molecule has 1 unspecified atom stereocenters. The van der Waals surface area contributed by atoms with E-state index in [2.05, 4.69) is 41.4 Å². The van der Waals surface area contributed by atoms with E-state index >= 15 is 0 Å².